The van der Waals surface area contributed by atoms with Gasteiger partial charge in [-0.1, -0.05) is 6.92 Å². The number of hydrogen-bond donors (Lipinski definition) is 2. The number of hydrogen-bond acceptors (Lipinski definition) is 4. The number of amides is 1. The van der Waals surface area contributed by atoms with E-state index in [1.807, 2.05) is 0 Å². The summed E-state index contributed by atoms with van der Waals surface area (Å²) in [6.45, 7) is 6.34. The first-order valence-corrected chi connectivity index (χ1v) is 5.85. The molecule has 0 rings (SSSR count). The number of carbonyl (C=O) groups is 1. The predicted molar refractivity (Wildman–Crippen MR) is 63.5 cm³/mol. The van der Waals surface area contributed by atoms with Crippen LogP contribution in [-0.2, 0) is 14.3 Å². The van der Waals surface area contributed by atoms with Gasteiger partial charge in [0, 0.05) is 26.9 Å². The van der Waals surface area contributed by atoms with E-state index in [0.717, 1.165) is 32.5 Å². The molecule has 1 amide bonds. The van der Waals surface area contributed by atoms with Crippen molar-refractivity contribution in [3.8, 4) is 0 Å². The van der Waals surface area contributed by atoms with Crippen molar-refractivity contribution in [1.82, 2.24) is 10.6 Å². The van der Waals surface area contributed by atoms with E-state index in [1.54, 1.807) is 0 Å². The van der Waals surface area contributed by atoms with Crippen molar-refractivity contribution in [2.75, 3.05) is 46.6 Å². The number of methoxy groups -OCH3 is 1. The smallest absolute Gasteiger partial charge is 0.245 e. The molecule has 0 aliphatic rings. The zero-order valence-corrected chi connectivity index (χ0v) is 10.4. The van der Waals surface area contributed by atoms with E-state index in [2.05, 4.69) is 22.3 Å². The van der Waals surface area contributed by atoms with Crippen molar-refractivity contribution >= 4 is 5.91 Å². The van der Waals surface area contributed by atoms with Crippen LogP contribution in [0.5, 0.6) is 0 Å². The van der Waals surface area contributed by atoms with Crippen molar-refractivity contribution < 1.29 is 14.3 Å². The molecule has 0 aromatic heterocycles. The van der Waals surface area contributed by atoms with Crippen LogP contribution in [0, 0.1) is 0 Å². The standard InChI is InChI=1S/C11H24N2O3/c1-3-12-6-4-8-16-9-5-7-13-11(14)10-15-2/h12H,3-10H2,1-2H3,(H,13,14). The average Bonchev–Trinajstić information content (AvgIpc) is 2.27. The van der Waals surface area contributed by atoms with Gasteiger partial charge in [-0.05, 0) is 25.9 Å². The Balaban J connectivity index is 3.01. The molecule has 0 bridgehead atoms. The van der Waals surface area contributed by atoms with E-state index < -0.39 is 0 Å². The molecule has 0 aromatic carbocycles. The molecule has 0 fully saturated rings. The van der Waals surface area contributed by atoms with E-state index in [9.17, 15) is 4.79 Å². The first-order valence-electron chi connectivity index (χ1n) is 5.85. The SMILES string of the molecule is CCNCCCOCCCNC(=O)COC. The Morgan fingerprint density at radius 1 is 1.19 bits per heavy atom. The molecule has 0 radical (unpaired) electrons. The summed E-state index contributed by atoms with van der Waals surface area (Å²) in [7, 11) is 1.51. The summed E-state index contributed by atoms with van der Waals surface area (Å²) >= 11 is 0. The van der Waals surface area contributed by atoms with Crippen molar-refractivity contribution in [3.05, 3.63) is 0 Å². The molecule has 5 heteroatoms. The van der Waals surface area contributed by atoms with Crippen LogP contribution in [0.25, 0.3) is 0 Å². The fraction of sp³-hybridized carbons (Fsp3) is 0.909. The third kappa shape index (κ3) is 11.4. The van der Waals surface area contributed by atoms with E-state index >= 15 is 0 Å². The second kappa shape index (κ2) is 12.4. The lowest BCUT2D eigenvalue weighted by Crippen LogP contribution is -2.28. The van der Waals surface area contributed by atoms with E-state index in [-0.39, 0.29) is 12.5 Å². The van der Waals surface area contributed by atoms with Gasteiger partial charge in [0.15, 0.2) is 0 Å². The summed E-state index contributed by atoms with van der Waals surface area (Å²) in [6, 6.07) is 0. The van der Waals surface area contributed by atoms with Crippen LogP contribution in [0.2, 0.25) is 0 Å². The normalized spacial score (nSPS) is 10.4. The monoisotopic (exact) mass is 232 g/mol. The van der Waals surface area contributed by atoms with Crippen LogP contribution < -0.4 is 10.6 Å². The van der Waals surface area contributed by atoms with Gasteiger partial charge < -0.3 is 20.1 Å². The topological polar surface area (TPSA) is 59.6 Å². The van der Waals surface area contributed by atoms with E-state index in [4.69, 9.17) is 4.74 Å². The highest BCUT2D eigenvalue weighted by Crippen LogP contribution is 1.84. The van der Waals surface area contributed by atoms with Crippen molar-refractivity contribution in [3.63, 3.8) is 0 Å². The molecule has 0 aliphatic carbocycles. The fourth-order valence-corrected chi connectivity index (χ4v) is 1.16. The molecule has 0 saturated carbocycles. The van der Waals surface area contributed by atoms with Crippen LogP contribution in [0.15, 0.2) is 0 Å². The van der Waals surface area contributed by atoms with Crippen LogP contribution in [0.4, 0.5) is 0 Å². The first-order chi connectivity index (χ1) is 7.81. The van der Waals surface area contributed by atoms with Gasteiger partial charge in [0.25, 0.3) is 0 Å². The molecule has 0 aliphatic heterocycles. The molecule has 5 nitrogen and oxygen atoms in total. The lowest BCUT2D eigenvalue weighted by molar-refractivity contribution is -0.124. The Hall–Kier alpha value is -0.650. The molecular formula is C11H24N2O3. The number of nitrogens with one attached hydrogen (secondary N) is 2. The molecular weight excluding hydrogens is 208 g/mol. The Labute approximate surface area is 97.9 Å². The molecule has 2 N–H and O–H groups in total. The molecule has 0 saturated heterocycles. The van der Waals surface area contributed by atoms with Gasteiger partial charge in [-0.25, -0.2) is 0 Å². The van der Waals surface area contributed by atoms with Crippen LogP contribution in [-0.4, -0.2) is 52.5 Å². The molecule has 16 heavy (non-hydrogen) atoms. The largest absolute Gasteiger partial charge is 0.381 e. The quantitative estimate of drug-likeness (QED) is 0.498. The van der Waals surface area contributed by atoms with Gasteiger partial charge in [-0.3, -0.25) is 4.79 Å². The minimum absolute atomic E-state index is 0.0744. The van der Waals surface area contributed by atoms with Gasteiger partial charge >= 0.3 is 0 Å². The Morgan fingerprint density at radius 3 is 2.50 bits per heavy atom. The Kier molecular flexibility index (Phi) is 11.9. The summed E-state index contributed by atoms with van der Waals surface area (Å²) in [4.78, 5) is 11.0. The fourth-order valence-electron chi connectivity index (χ4n) is 1.16. The van der Waals surface area contributed by atoms with Crippen molar-refractivity contribution in [2.24, 2.45) is 0 Å². The number of carbonyl (C=O) groups excluding carboxylic acids is 1. The molecule has 0 spiro atoms. The lowest BCUT2D eigenvalue weighted by Gasteiger charge is -2.06. The maximum Gasteiger partial charge on any atom is 0.245 e. The third-order valence-corrected chi connectivity index (χ3v) is 1.96. The Morgan fingerprint density at radius 2 is 1.88 bits per heavy atom. The summed E-state index contributed by atoms with van der Waals surface area (Å²) in [5.41, 5.74) is 0. The van der Waals surface area contributed by atoms with Crippen molar-refractivity contribution in [2.45, 2.75) is 19.8 Å². The zero-order valence-electron chi connectivity index (χ0n) is 10.4. The highest BCUT2D eigenvalue weighted by atomic mass is 16.5. The minimum atomic E-state index is -0.0744. The van der Waals surface area contributed by atoms with Crippen LogP contribution in [0.3, 0.4) is 0 Å². The molecule has 0 heterocycles. The van der Waals surface area contributed by atoms with Crippen LogP contribution in [0.1, 0.15) is 19.8 Å². The predicted octanol–water partition coefficient (Wildman–Crippen LogP) is 0.155. The third-order valence-electron chi connectivity index (χ3n) is 1.96. The van der Waals surface area contributed by atoms with Gasteiger partial charge in [0.1, 0.15) is 6.61 Å². The zero-order chi connectivity index (χ0) is 12.1. The number of ether oxygens (including phenoxy) is 2. The van der Waals surface area contributed by atoms with E-state index in [1.165, 1.54) is 7.11 Å². The average molecular weight is 232 g/mol. The highest BCUT2D eigenvalue weighted by Gasteiger charge is 1.97. The maximum absolute atomic E-state index is 11.0. The molecule has 0 aromatic rings. The van der Waals surface area contributed by atoms with Gasteiger partial charge in [-0.15, -0.1) is 0 Å². The second-order valence-corrected chi connectivity index (χ2v) is 3.46. The molecule has 0 atom stereocenters. The first kappa shape index (κ1) is 15.3. The van der Waals surface area contributed by atoms with E-state index in [0.29, 0.717) is 13.2 Å². The minimum Gasteiger partial charge on any atom is -0.381 e. The lowest BCUT2D eigenvalue weighted by atomic mass is 10.4. The number of rotatable bonds is 11. The summed E-state index contributed by atoms with van der Waals surface area (Å²) < 4.78 is 10.1. The van der Waals surface area contributed by atoms with Gasteiger partial charge in [0.2, 0.25) is 5.91 Å². The highest BCUT2D eigenvalue weighted by molar-refractivity contribution is 5.77. The van der Waals surface area contributed by atoms with Gasteiger partial charge in [-0.2, -0.15) is 0 Å². The Bertz CT molecular complexity index is 165. The summed E-state index contributed by atoms with van der Waals surface area (Å²) in [6.07, 6.45) is 1.88. The molecule has 0 unspecified atom stereocenters. The second-order valence-electron chi connectivity index (χ2n) is 3.46. The van der Waals surface area contributed by atoms with Crippen LogP contribution >= 0.6 is 0 Å². The van der Waals surface area contributed by atoms with Gasteiger partial charge in [0.05, 0.1) is 0 Å². The summed E-state index contributed by atoms with van der Waals surface area (Å²) in [5, 5.41) is 5.97. The maximum atomic E-state index is 11.0. The summed E-state index contributed by atoms with van der Waals surface area (Å²) in [5.74, 6) is -0.0744. The molecule has 96 valence electrons. The van der Waals surface area contributed by atoms with Crippen molar-refractivity contribution in [1.29, 1.82) is 0 Å².